The number of hydrogen-bond donors (Lipinski definition) is 0. The molecule has 0 nitrogen and oxygen atoms in total. The van der Waals surface area contributed by atoms with Gasteiger partial charge in [0, 0.05) is 0 Å². The van der Waals surface area contributed by atoms with Crippen LogP contribution in [0.3, 0.4) is 0 Å². The maximum absolute atomic E-state index is 12.1. The Balaban J connectivity index is 2.49. The van der Waals surface area contributed by atoms with Crippen molar-refractivity contribution in [3.8, 4) is 0 Å². The molecule has 7 heavy (non-hydrogen) atoms. The molecule has 38 valence electrons. The van der Waals surface area contributed by atoms with Crippen molar-refractivity contribution in [1.82, 2.24) is 0 Å². The van der Waals surface area contributed by atoms with Gasteiger partial charge in [0.2, 0.25) is 0 Å². The summed E-state index contributed by atoms with van der Waals surface area (Å²) in [5, 5.41) is -0.669. The van der Waals surface area contributed by atoms with E-state index in [9.17, 15) is 4.39 Å². The standard InChI is InChI=1S/C5H5FSe/c6-5-3-1-2-4-7-5/h1-5H. The van der Waals surface area contributed by atoms with Gasteiger partial charge in [-0.15, -0.1) is 0 Å². The van der Waals surface area contributed by atoms with Crippen LogP contribution in [0.25, 0.3) is 0 Å². The molecule has 0 fully saturated rings. The second kappa shape index (κ2) is 2.29. The molecule has 0 N–H and O–H groups in total. The summed E-state index contributed by atoms with van der Waals surface area (Å²) in [6, 6.07) is 0. The molecule has 0 amide bonds. The molecule has 0 radical (unpaired) electrons. The van der Waals surface area contributed by atoms with E-state index in [2.05, 4.69) is 0 Å². The van der Waals surface area contributed by atoms with Gasteiger partial charge in [-0.2, -0.15) is 0 Å². The molecule has 2 heteroatoms. The fourth-order valence-corrected chi connectivity index (χ4v) is 1.44. The van der Waals surface area contributed by atoms with E-state index in [1.807, 2.05) is 11.1 Å². The van der Waals surface area contributed by atoms with E-state index in [0.717, 1.165) is 0 Å². The van der Waals surface area contributed by atoms with Crippen molar-refractivity contribution in [2.45, 2.75) is 5.07 Å². The van der Waals surface area contributed by atoms with Gasteiger partial charge in [0.15, 0.2) is 0 Å². The SMILES string of the molecule is FC1C=CC=C[Se]1. The average molecular weight is 163 g/mol. The number of rotatable bonds is 0. The van der Waals surface area contributed by atoms with Crippen LogP contribution in [0.15, 0.2) is 23.2 Å². The van der Waals surface area contributed by atoms with Gasteiger partial charge >= 0.3 is 47.6 Å². The first kappa shape index (κ1) is 5.07. The molecule has 1 heterocycles. The Hall–Kier alpha value is -0.0705. The molecule has 0 saturated heterocycles. The molecule has 0 aliphatic carbocycles. The van der Waals surface area contributed by atoms with Gasteiger partial charge in [0.25, 0.3) is 0 Å². The van der Waals surface area contributed by atoms with Gasteiger partial charge in [0.1, 0.15) is 0 Å². The van der Waals surface area contributed by atoms with Crippen molar-refractivity contribution in [1.29, 1.82) is 0 Å². The van der Waals surface area contributed by atoms with Gasteiger partial charge < -0.3 is 0 Å². The van der Waals surface area contributed by atoms with Crippen LogP contribution in [-0.2, 0) is 0 Å². The van der Waals surface area contributed by atoms with Crippen molar-refractivity contribution < 1.29 is 4.39 Å². The Morgan fingerprint density at radius 2 is 2.29 bits per heavy atom. The van der Waals surface area contributed by atoms with Crippen LogP contribution in [0.2, 0.25) is 0 Å². The number of halogens is 1. The van der Waals surface area contributed by atoms with E-state index in [1.54, 1.807) is 12.2 Å². The summed E-state index contributed by atoms with van der Waals surface area (Å²) in [5.41, 5.74) is 0. The third-order valence-electron chi connectivity index (χ3n) is 0.661. The predicted molar refractivity (Wildman–Crippen MR) is 28.9 cm³/mol. The van der Waals surface area contributed by atoms with E-state index in [1.165, 1.54) is 0 Å². The van der Waals surface area contributed by atoms with Crippen LogP contribution in [0.4, 0.5) is 4.39 Å². The molecule has 0 aromatic carbocycles. The van der Waals surface area contributed by atoms with E-state index >= 15 is 0 Å². The summed E-state index contributed by atoms with van der Waals surface area (Å²) in [4.78, 5) is 1.89. The van der Waals surface area contributed by atoms with Gasteiger partial charge in [-0.05, 0) is 0 Å². The second-order valence-corrected chi connectivity index (χ2v) is 3.29. The fourth-order valence-electron chi connectivity index (χ4n) is 0.363. The van der Waals surface area contributed by atoms with Crippen molar-refractivity contribution >= 4 is 15.0 Å². The van der Waals surface area contributed by atoms with Gasteiger partial charge in [-0.25, -0.2) is 0 Å². The topological polar surface area (TPSA) is 0 Å². The summed E-state index contributed by atoms with van der Waals surface area (Å²) in [5.74, 6) is 0. The molecule has 1 aliphatic rings. The molecule has 0 aromatic rings. The zero-order chi connectivity index (χ0) is 5.11. The third kappa shape index (κ3) is 1.46. The van der Waals surface area contributed by atoms with Crippen LogP contribution in [0, 0.1) is 0 Å². The van der Waals surface area contributed by atoms with E-state index < -0.39 is 5.07 Å². The van der Waals surface area contributed by atoms with E-state index in [4.69, 9.17) is 0 Å². The first-order valence-electron chi connectivity index (χ1n) is 2.02. The fraction of sp³-hybridized carbons (Fsp3) is 0.200. The Bertz CT molecular complexity index is 107. The van der Waals surface area contributed by atoms with Gasteiger partial charge in [-0.1, -0.05) is 0 Å². The van der Waals surface area contributed by atoms with Crippen molar-refractivity contribution in [2.75, 3.05) is 0 Å². The number of allylic oxidation sites excluding steroid dienone is 3. The van der Waals surface area contributed by atoms with E-state index in [0.29, 0.717) is 0 Å². The molecule has 1 rings (SSSR count). The molecule has 0 bridgehead atoms. The zero-order valence-corrected chi connectivity index (χ0v) is 5.39. The molecular formula is C5H5FSe. The van der Waals surface area contributed by atoms with Crippen LogP contribution in [-0.4, -0.2) is 20.0 Å². The number of hydrogen-bond acceptors (Lipinski definition) is 0. The monoisotopic (exact) mass is 164 g/mol. The summed E-state index contributed by atoms with van der Waals surface area (Å²) >= 11 is 0.0781. The Morgan fingerprint density at radius 3 is 2.57 bits per heavy atom. The van der Waals surface area contributed by atoms with Crippen molar-refractivity contribution in [3.63, 3.8) is 0 Å². The first-order chi connectivity index (χ1) is 3.39. The Labute approximate surface area is 48.3 Å². The first-order valence-corrected chi connectivity index (χ1v) is 4.00. The van der Waals surface area contributed by atoms with Crippen molar-refractivity contribution in [3.05, 3.63) is 23.2 Å². The minimum atomic E-state index is -0.669. The molecule has 1 aliphatic heterocycles. The second-order valence-electron chi connectivity index (χ2n) is 1.20. The molecular weight excluding hydrogens is 158 g/mol. The normalized spacial score (nSPS) is 28.4. The molecule has 1 atom stereocenters. The summed E-state index contributed by atoms with van der Waals surface area (Å²) < 4.78 is 12.1. The van der Waals surface area contributed by atoms with Gasteiger partial charge in [0.05, 0.1) is 0 Å². The quantitative estimate of drug-likeness (QED) is 0.468. The Kier molecular flexibility index (Phi) is 1.66. The molecule has 0 spiro atoms. The van der Waals surface area contributed by atoms with Crippen LogP contribution in [0.1, 0.15) is 0 Å². The molecule has 0 aromatic heterocycles. The molecule has 1 unspecified atom stereocenters. The minimum absolute atomic E-state index is 0.0781. The Morgan fingerprint density at radius 1 is 1.43 bits per heavy atom. The summed E-state index contributed by atoms with van der Waals surface area (Å²) in [7, 11) is 0. The summed E-state index contributed by atoms with van der Waals surface area (Å²) in [6.45, 7) is 0. The predicted octanol–water partition coefficient (Wildman–Crippen LogP) is 1.07. The van der Waals surface area contributed by atoms with E-state index in [-0.39, 0.29) is 15.0 Å². The maximum atomic E-state index is 12.1. The molecule has 0 saturated carbocycles. The van der Waals surface area contributed by atoms with Crippen molar-refractivity contribution in [2.24, 2.45) is 0 Å². The van der Waals surface area contributed by atoms with Crippen LogP contribution >= 0.6 is 0 Å². The van der Waals surface area contributed by atoms with Crippen LogP contribution < -0.4 is 0 Å². The third-order valence-corrected chi connectivity index (χ3v) is 2.20. The number of alkyl halides is 1. The van der Waals surface area contributed by atoms with Gasteiger partial charge in [-0.3, -0.25) is 0 Å². The summed E-state index contributed by atoms with van der Waals surface area (Å²) in [6.07, 6.45) is 5.21. The van der Waals surface area contributed by atoms with Crippen LogP contribution in [0.5, 0.6) is 0 Å². The average Bonchev–Trinajstić information content (AvgIpc) is 1.69. The zero-order valence-electron chi connectivity index (χ0n) is 3.67.